The Hall–Kier alpha value is -5.71. The van der Waals surface area contributed by atoms with E-state index in [1.807, 2.05) is 134 Å². The van der Waals surface area contributed by atoms with Crippen LogP contribution in [0.2, 0.25) is 0 Å². The van der Waals surface area contributed by atoms with Gasteiger partial charge in [0, 0.05) is 37.1 Å². The number of anilines is 2. The molecule has 258 valence electrons. The smallest absolute Gasteiger partial charge is 0.264 e. The number of benzene rings is 4. The number of aromatic nitrogens is 3. The Morgan fingerprint density at radius 3 is 2.43 bits per heavy atom. The van der Waals surface area contributed by atoms with E-state index in [0.29, 0.717) is 48.4 Å². The lowest BCUT2D eigenvalue weighted by Gasteiger charge is -2.28. The molecule has 2 aliphatic heterocycles. The number of rotatable bonds is 12. The van der Waals surface area contributed by atoms with Crippen molar-refractivity contribution in [3.05, 3.63) is 155 Å². The van der Waals surface area contributed by atoms with Gasteiger partial charge in [0.2, 0.25) is 5.91 Å². The average Bonchev–Trinajstić information content (AvgIpc) is 3.72. The van der Waals surface area contributed by atoms with E-state index in [0.717, 1.165) is 22.4 Å². The fourth-order valence-corrected chi connectivity index (χ4v) is 6.90. The van der Waals surface area contributed by atoms with E-state index in [9.17, 15) is 19.8 Å². The molecule has 4 aromatic carbocycles. The molecule has 1 aromatic heterocycles. The summed E-state index contributed by atoms with van der Waals surface area (Å²) >= 11 is 0. The van der Waals surface area contributed by atoms with Crippen LogP contribution in [0.1, 0.15) is 60.1 Å². The minimum atomic E-state index is -1.76. The normalized spacial score (nSPS) is 18.6. The number of aliphatic hydroxyl groups excluding tert-OH is 1. The summed E-state index contributed by atoms with van der Waals surface area (Å²) in [7, 11) is 0. The number of hydrazone groups is 1. The molecular formula is C41H40N6O4. The highest BCUT2D eigenvalue weighted by atomic mass is 16.3. The Balaban J connectivity index is 1.05. The number of amides is 2. The predicted octanol–water partition coefficient (Wildman–Crippen LogP) is 5.95. The second-order valence-corrected chi connectivity index (χ2v) is 13.0. The van der Waals surface area contributed by atoms with Crippen LogP contribution < -0.4 is 9.91 Å². The molecule has 2 aliphatic rings. The second kappa shape index (κ2) is 14.6. The molecule has 0 saturated heterocycles. The van der Waals surface area contributed by atoms with Crippen LogP contribution in [0.3, 0.4) is 0 Å². The summed E-state index contributed by atoms with van der Waals surface area (Å²) in [6, 6.07) is 34.4. The number of nitrogens with zero attached hydrogens (tertiary/aromatic N) is 6. The van der Waals surface area contributed by atoms with Gasteiger partial charge in [-0.25, -0.2) is 5.01 Å². The molecule has 10 heteroatoms. The number of aliphatic hydroxyl groups is 2. The first kappa shape index (κ1) is 33.8. The largest absolute Gasteiger partial charge is 0.395 e. The third kappa shape index (κ3) is 6.75. The molecule has 0 radical (unpaired) electrons. The van der Waals surface area contributed by atoms with Crippen molar-refractivity contribution in [2.24, 2.45) is 11.0 Å². The fourth-order valence-electron chi connectivity index (χ4n) is 6.90. The first-order valence-electron chi connectivity index (χ1n) is 17.3. The van der Waals surface area contributed by atoms with E-state index in [1.54, 1.807) is 9.58 Å². The molecule has 0 saturated carbocycles. The molecule has 0 spiro atoms. The van der Waals surface area contributed by atoms with Gasteiger partial charge in [-0.1, -0.05) is 115 Å². The van der Waals surface area contributed by atoms with Gasteiger partial charge >= 0.3 is 0 Å². The van der Waals surface area contributed by atoms with E-state index in [-0.39, 0.29) is 25.0 Å². The minimum Gasteiger partial charge on any atom is -0.395 e. The van der Waals surface area contributed by atoms with Gasteiger partial charge in [-0.05, 0) is 41.3 Å². The minimum absolute atomic E-state index is 0.0705. The molecule has 2 amide bonds. The van der Waals surface area contributed by atoms with Crippen molar-refractivity contribution < 1.29 is 19.8 Å². The number of aryl methyl sites for hydroxylation is 1. The van der Waals surface area contributed by atoms with Gasteiger partial charge in [0.15, 0.2) is 5.60 Å². The first-order valence-corrected chi connectivity index (χ1v) is 17.3. The molecule has 1 unspecified atom stereocenters. The molecule has 3 atom stereocenters. The van der Waals surface area contributed by atoms with Crippen molar-refractivity contribution >= 4 is 28.9 Å². The van der Waals surface area contributed by atoms with Crippen LogP contribution in [0.5, 0.6) is 0 Å². The summed E-state index contributed by atoms with van der Waals surface area (Å²) in [5.41, 5.74) is 4.39. The quantitative estimate of drug-likeness (QED) is 0.157. The van der Waals surface area contributed by atoms with Gasteiger partial charge in [-0.15, -0.1) is 5.10 Å². The van der Waals surface area contributed by atoms with E-state index in [2.05, 4.69) is 10.3 Å². The number of fused-ring (bicyclic) bond motifs is 1. The van der Waals surface area contributed by atoms with Crippen molar-refractivity contribution in [1.29, 1.82) is 0 Å². The highest BCUT2D eigenvalue weighted by Crippen LogP contribution is 2.45. The van der Waals surface area contributed by atoms with Gasteiger partial charge in [0.1, 0.15) is 0 Å². The van der Waals surface area contributed by atoms with Crippen LogP contribution in [0.25, 0.3) is 0 Å². The maximum absolute atomic E-state index is 14.1. The zero-order chi connectivity index (χ0) is 35.4. The van der Waals surface area contributed by atoms with Crippen LogP contribution in [0.4, 0.5) is 11.4 Å². The predicted molar refractivity (Wildman–Crippen MR) is 196 cm³/mol. The zero-order valence-corrected chi connectivity index (χ0v) is 28.4. The zero-order valence-electron chi connectivity index (χ0n) is 28.4. The Morgan fingerprint density at radius 1 is 0.902 bits per heavy atom. The fraction of sp³-hybridized carbons (Fsp3) is 0.244. The lowest BCUT2D eigenvalue weighted by molar-refractivity contribution is -0.139. The van der Waals surface area contributed by atoms with E-state index < -0.39 is 17.4 Å². The molecule has 0 fully saturated rings. The SMILES string of the molecule is C[C@H](/C=C/CCn1cc(C(CO)c2ccccc2)nn1)[C@@]1(O)C(=O)N(Cc2cccc(N3N=C(c4ccccc4)CCC3=O)c2)c2ccccc21. The summed E-state index contributed by atoms with van der Waals surface area (Å²) in [6.45, 7) is 2.54. The average molecular weight is 681 g/mol. The van der Waals surface area contributed by atoms with Crippen LogP contribution in [0.15, 0.2) is 133 Å². The van der Waals surface area contributed by atoms with E-state index in [1.165, 1.54) is 5.01 Å². The third-order valence-corrected chi connectivity index (χ3v) is 9.72. The highest BCUT2D eigenvalue weighted by molar-refractivity contribution is 6.09. The van der Waals surface area contributed by atoms with E-state index >= 15 is 0 Å². The molecular weight excluding hydrogens is 640 g/mol. The summed E-state index contributed by atoms with van der Waals surface area (Å²) in [5, 5.41) is 36.8. The second-order valence-electron chi connectivity index (χ2n) is 13.0. The molecule has 2 N–H and O–H groups in total. The lowest BCUT2D eigenvalue weighted by Crippen LogP contribution is -2.44. The number of carbonyl (C=O) groups is 2. The van der Waals surface area contributed by atoms with Gasteiger partial charge in [0.05, 0.1) is 41.8 Å². The molecule has 3 heterocycles. The van der Waals surface area contributed by atoms with Crippen molar-refractivity contribution in [1.82, 2.24) is 15.0 Å². The molecule has 7 rings (SSSR count). The van der Waals surface area contributed by atoms with Crippen molar-refractivity contribution in [2.45, 2.75) is 50.8 Å². The first-order chi connectivity index (χ1) is 24.9. The number of hydrogen-bond donors (Lipinski definition) is 2. The van der Waals surface area contributed by atoms with E-state index in [4.69, 9.17) is 5.10 Å². The summed E-state index contributed by atoms with van der Waals surface area (Å²) in [5.74, 6) is -1.27. The number of hydrogen-bond acceptors (Lipinski definition) is 7. The molecule has 0 aliphatic carbocycles. The summed E-state index contributed by atoms with van der Waals surface area (Å²) in [6.07, 6.45) is 7.21. The maximum atomic E-state index is 14.1. The Kier molecular flexibility index (Phi) is 9.70. The Labute approximate surface area is 297 Å². The molecule has 5 aromatic rings. The van der Waals surface area contributed by atoms with Crippen molar-refractivity contribution in [2.75, 3.05) is 16.5 Å². The topological polar surface area (TPSA) is 124 Å². The standard InChI is InChI=1S/C41H40N6O4/c1-29(13-10-11-24-45-27-37(42-44-45)34(28-48)31-15-4-2-5-16-31)41(51)35-20-8-9-21-38(35)46(40(41)50)26-30-14-12-19-33(25-30)47-39(49)23-22-36(43-47)32-17-6-3-7-18-32/h2-10,12-21,25,27,29,34,48,51H,11,22-24,26,28H2,1H3/b13-10+/t29-,34?,41+/m1/s1. The summed E-state index contributed by atoms with van der Waals surface area (Å²) in [4.78, 5) is 28.8. The molecule has 51 heavy (non-hydrogen) atoms. The highest BCUT2D eigenvalue weighted by Gasteiger charge is 2.52. The summed E-state index contributed by atoms with van der Waals surface area (Å²) < 4.78 is 1.74. The number of carbonyl (C=O) groups excluding carboxylic acids is 2. The molecule has 10 nitrogen and oxygen atoms in total. The monoisotopic (exact) mass is 680 g/mol. The van der Waals surface area contributed by atoms with Gasteiger partial charge < -0.3 is 15.1 Å². The van der Waals surface area contributed by atoms with Gasteiger partial charge in [0.25, 0.3) is 5.91 Å². The van der Waals surface area contributed by atoms with Crippen molar-refractivity contribution in [3.63, 3.8) is 0 Å². The van der Waals surface area contributed by atoms with Gasteiger partial charge in [-0.3, -0.25) is 14.3 Å². The van der Waals surface area contributed by atoms with Crippen LogP contribution >= 0.6 is 0 Å². The number of allylic oxidation sites excluding steroid dienone is 1. The third-order valence-electron chi connectivity index (χ3n) is 9.72. The number of para-hydroxylation sites is 1. The Morgan fingerprint density at radius 2 is 1.65 bits per heavy atom. The van der Waals surface area contributed by atoms with Crippen LogP contribution in [-0.2, 0) is 28.3 Å². The van der Waals surface area contributed by atoms with Crippen LogP contribution in [-0.4, -0.2) is 49.3 Å². The maximum Gasteiger partial charge on any atom is 0.264 e. The lowest BCUT2D eigenvalue weighted by atomic mass is 9.83. The van der Waals surface area contributed by atoms with Crippen LogP contribution in [0, 0.1) is 5.92 Å². The Bertz CT molecular complexity index is 2080. The van der Waals surface area contributed by atoms with Gasteiger partial charge in [-0.2, -0.15) is 5.10 Å². The van der Waals surface area contributed by atoms with Crippen molar-refractivity contribution in [3.8, 4) is 0 Å². The molecule has 0 bridgehead atoms.